The van der Waals surface area contributed by atoms with Crippen molar-refractivity contribution < 1.29 is 9.13 Å². The Labute approximate surface area is 101 Å². The average Bonchev–Trinajstić information content (AvgIpc) is 2.28. The van der Waals surface area contributed by atoms with Crippen LogP contribution in [0.15, 0.2) is 41.0 Å². The summed E-state index contributed by atoms with van der Waals surface area (Å²) in [6.45, 7) is 1.69. The van der Waals surface area contributed by atoms with Crippen LogP contribution < -0.4 is 4.74 Å². The van der Waals surface area contributed by atoms with E-state index in [0.717, 1.165) is 0 Å². The average molecular weight is 282 g/mol. The lowest BCUT2D eigenvalue weighted by molar-refractivity contribution is 0.423. The minimum Gasteiger partial charge on any atom is -0.435 e. The molecule has 2 aromatic rings. The molecule has 0 amide bonds. The van der Waals surface area contributed by atoms with Crippen LogP contribution in [0.4, 0.5) is 4.39 Å². The Morgan fingerprint density at radius 3 is 2.81 bits per heavy atom. The van der Waals surface area contributed by atoms with Crippen LogP contribution in [0.1, 0.15) is 5.56 Å². The molecule has 1 aromatic heterocycles. The van der Waals surface area contributed by atoms with E-state index < -0.39 is 0 Å². The second-order valence-corrected chi connectivity index (χ2v) is 4.13. The summed E-state index contributed by atoms with van der Waals surface area (Å²) in [4.78, 5) is 4.01. The summed E-state index contributed by atoms with van der Waals surface area (Å²) in [6.07, 6.45) is 1.59. The Balaban J connectivity index is 2.35. The number of pyridine rings is 1. The van der Waals surface area contributed by atoms with Crippen molar-refractivity contribution in [1.29, 1.82) is 0 Å². The van der Waals surface area contributed by atoms with E-state index in [2.05, 4.69) is 20.9 Å². The fourth-order valence-corrected chi connectivity index (χ4v) is 1.59. The first-order valence-electron chi connectivity index (χ1n) is 4.72. The van der Waals surface area contributed by atoms with Crippen LogP contribution >= 0.6 is 15.9 Å². The van der Waals surface area contributed by atoms with E-state index >= 15 is 0 Å². The molecule has 2 rings (SSSR count). The van der Waals surface area contributed by atoms with Gasteiger partial charge in [-0.1, -0.05) is 12.1 Å². The molecule has 4 heteroatoms. The van der Waals surface area contributed by atoms with Crippen LogP contribution in [0, 0.1) is 12.7 Å². The van der Waals surface area contributed by atoms with Gasteiger partial charge in [-0.05, 0) is 46.6 Å². The number of nitrogens with zero attached hydrogens (tertiary/aromatic N) is 1. The lowest BCUT2D eigenvalue weighted by Crippen LogP contribution is -1.93. The Morgan fingerprint density at radius 2 is 2.06 bits per heavy atom. The lowest BCUT2D eigenvalue weighted by atomic mass is 10.2. The fraction of sp³-hybridized carbons (Fsp3) is 0.0833. The van der Waals surface area contributed by atoms with Crippen LogP contribution in [0.5, 0.6) is 11.6 Å². The Hall–Kier alpha value is -1.42. The number of aryl methyl sites for hydroxylation is 1. The Kier molecular flexibility index (Phi) is 3.19. The van der Waals surface area contributed by atoms with E-state index in [1.165, 1.54) is 0 Å². The largest absolute Gasteiger partial charge is 0.435 e. The maximum Gasteiger partial charge on any atom is 0.233 e. The summed E-state index contributed by atoms with van der Waals surface area (Å²) in [7, 11) is 0. The summed E-state index contributed by atoms with van der Waals surface area (Å²) in [5, 5.41) is 0. The molecular formula is C12H9BrFNO. The predicted octanol–water partition coefficient (Wildman–Crippen LogP) is 4.08. The zero-order chi connectivity index (χ0) is 11.5. The number of hydrogen-bond acceptors (Lipinski definition) is 2. The van der Waals surface area contributed by atoms with Gasteiger partial charge in [-0.3, -0.25) is 0 Å². The Bertz CT molecular complexity index is 516. The fourth-order valence-electron chi connectivity index (χ4n) is 1.25. The maximum absolute atomic E-state index is 13.7. The van der Waals surface area contributed by atoms with Crippen molar-refractivity contribution in [2.45, 2.75) is 6.92 Å². The Morgan fingerprint density at radius 1 is 1.25 bits per heavy atom. The minimum absolute atomic E-state index is 0.180. The highest BCUT2D eigenvalue weighted by Gasteiger charge is 2.09. The number of rotatable bonds is 2. The zero-order valence-electron chi connectivity index (χ0n) is 8.58. The summed E-state index contributed by atoms with van der Waals surface area (Å²) in [5.74, 6) is 0.173. The number of benzene rings is 1. The van der Waals surface area contributed by atoms with Crippen molar-refractivity contribution >= 4 is 15.9 Å². The normalized spacial score (nSPS) is 10.2. The van der Waals surface area contributed by atoms with Crippen molar-refractivity contribution in [2.75, 3.05) is 0 Å². The first-order chi connectivity index (χ1) is 7.68. The molecule has 1 aromatic carbocycles. The summed E-state index contributed by atoms with van der Waals surface area (Å²) in [5.41, 5.74) is 0.546. The van der Waals surface area contributed by atoms with Gasteiger partial charge in [-0.2, -0.15) is 0 Å². The van der Waals surface area contributed by atoms with Gasteiger partial charge in [0.25, 0.3) is 0 Å². The number of ether oxygens (including phenoxy) is 1. The van der Waals surface area contributed by atoms with Gasteiger partial charge >= 0.3 is 0 Å². The summed E-state index contributed by atoms with van der Waals surface area (Å²) < 4.78 is 19.7. The highest BCUT2D eigenvalue weighted by Crippen LogP contribution is 2.29. The molecule has 0 aliphatic carbocycles. The molecule has 0 atom stereocenters. The van der Waals surface area contributed by atoms with E-state index in [0.29, 0.717) is 15.9 Å². The molecule has 0 N–H and O–H groups in total. The van der Waals surface area contributed by atoms with Crippen LogP contribution in [0.3, 0.4) is 0 Å². The molecule has 0 bridgehead atoms. The van der Waals surface area contributed by atoms with Gasteiger partial charge in [0, 0.05) is 6.20 Å². The molecule has 0 fully saturated rings. The van der Waals surface area contributed by atoms with Crippen molar-refractivity contribution in [1.82, 2.24) is 4.98 Å². The maximum atomic E-state index is 13.7. The van der Waals surface area contributed by atoms with Crippen LogP contribution in [-0.2, 0) is 0 Å². The molecule has 1 heterocycles. The summed E-state index contributed by atoms with van der Waals surface area (Å²) >= 11 is 3.29. The van der Waals surface area contributed by atoms with Gasteiger partial charge in [0.1, 0.15) is 0 Å². The third-order valence-electron chi connectivity index (χ3n) is 2.09. The van der Waals surface area contributed by atoms with E-state index in [9.17, 15) is 4.39 Å². The molecule has 0 aliphatic rings. The van der Waals surface area contributed by atoms with Gasteiger partial charge in [0.15, 0.2) is 11.6 Å². The highest BCUT2D eigenvalue weighted by molar-refractivity contribution is 9.10. The molecule has 2 nitrogen and oxygen atoms in total. The molecule has 82 valence electrons. The molecule has 0 spiro atoms. The molecule has 0 unspecified atom stereocenters. The topological polar surface area (TPSA) is 22.1 Å². The third-order valence-corrected chi connectivity index (χ3v) is 2.69. The van der Waals surface area contributed by atoms with E-state index in [1.807, 2.05) is 0 Å². The molecule has 16 heavy (non-hydrogen) atoms. The standard InChI is InChI=1S/C12H9BrFNO/c1-8-4-2-6-10(11(8)14)16-12-9(13)5-3-7-15-12/h2-7H,1H3. The molecule has 0 saturated carbocycles. The van der Waals surface area contributed by atoms with Crippen LogP contribution in [0.25, 0.3) is 0 Å². The van der Waals surface area contributed by atoms with Crippen LogP contribution in [0.2, 0.25) is 0 Å². The zero-order valence-corrected chi connectivity index (χ0v) is 10.2. The molecule has 0 aliphatic heterocycles. The van der Waals surface area contributed by atoms with Gasteiger partial charge in [0.05, 0.1) is 4.47 Å². The predicted molar refractivity (Wildman–Crippen MR) is 63.1 cm³/mol. The monoisotopic (exact) mass is 281 g/mol. The summed E-state index contributed by atoms with van der Waals surface area (Å²) in [6, 6.07) is 8.56. The van der Waals surface area contributed by atoms with Crippen molar-refractivity contribution in [3.63, 3.8) is 0 Å². The molecule has 0 radical (unpaired) electrons. The van der Waals surface area contributed by atoms with Gasteiger partial charge in [-0.25, -0.2) is 9.37 Å². The van der Waals surface area contributed by atoms with E-state index in [1.54, 1.807) is 43.5 Å². The second kappa shape index (κ2) is 4.61. The first-order valence-corrected chi connectivity index (χ1v) is 5.51. The SMILES string of the molecule is Cc1cccc(Oc2ncccc2Br)c1F. The van der Waals surface area contributed by atoms with Gasteiger partial charge in [0.2, 0.25) is 5.88 Å². The third kappa shape index (κ3) is 2.22. The van der Waals surface area contributed by atoms with Crippen LogP contribution in [-0.4, -0.2) is 4.98 Å². The van der Waals surface area contributed by atoms with Gasteiger partial charge in [-0.15, -0.1) is 0 Å². The lowest BCUT2D eigenvalue weighted by Gasteiger charge is -2.08. The quantitative estimate of drug-likeness (QED) is 0.827. The molecule has 0 saturated heterocycles. The molecular weight excluding hydrogens is 273 g/mol. The van der Waals surface area contributed by atoms with E-state index in [4.69, 9.17) is 4.74 Å². The number of halogens is 2. The highest BCUT2D eigenvalue weighted by atomic mass is 79.9. The van der Waals surface area contributed by atoms with Crippen molar-refractivity contribution in [3.05, 3.63) is 52.4 Å². The smallest absolute Gasteiger partial charge is 0.233 e. The van der Waals surface area contributed by atoms with Gasteiger partial charge < -0.3 is 4.74 Å². The van der Waals surface area contributed by atoms with Crippen molar-refractivity contribution in [3.8, 4) is 11.6 Å². The first kappa shape index (κ1) is 11.1. The van der Waals surface area contributed by atoms with Crippen molar-refractivity contribution in [2.24, 2.45) is 0 Å². The van der Waals surface area contributed by atoms with E-state index in [-0.39, 0.29) is 11.6 Å². The number of aromatic nitrogens is 1. The number of hydrogen-bond donors (Lipinski definition) is 0. The second-order valence-electron chi connectivity index (χ2n) is 3.28. The minimum atomic E-state index is -0.361.